The fourth-order valence-corrected chi connectivity index (χ4v) is 2.14. The molecule has 0 aliphatic carbocycles. The van der Waals surface area contributed by atoms with E-state index < -0.39 is 0 Å². The van der Waals surface area contributed by atoms with Gasteiger partial charge in [0.2, 0.25) is 0 Å². The molecule has 1 saturated heterocycles. The normalized spacial score (nSPS) is 17.3. The highest BCUT2D eigenvalue weighted by Gasteiger charge is 2.18. The summed E-state index contributed by atoms with van der Waals surface area (Å²) in [5, 5.41) is 0. The van der Waals surface area contributed by atoms with Crippen LogP contribution in [0.15, 0.2) is 24.3 Å². The number of hydrazine groups is 1. The van der Waals surface area contributed by atoms with Crippen LogP contribution in [0.2, 0.25) is 0 Å². The lowest BCUT2D eigenvalue weighted by Crippen LogP contribution is -2.34. The minimum atomic E-state index is 0.105. The summed E-state index contributed by atoms with van der Waals surface area (Å²) in [6, 6.07) is 7.26. The third-order valence-electron chi connectivity index (χ3n) is 3.31. The zero-order valence-electron chi connectivity index (χ0n) is 10.7. The van der Waals surface area contributed by atoms with Crippen LogP contribution in [0, 0.1) is 0 Å². The van der Waals surface area contributed by atoms with E-state index in [2.05, 4.69) is 17.4 Å². The van der Waals surface area contributed by atoms with Crippen LogP contribution in [0.25, 0.3) is 0 Å². The van der Waals surface area contributed by atoms with Gasteiger partial charge in [-0.2, -0.15) is 0 Å². The van der Waals surface area contributed by atoms with Gasteiger partial charge in [0.15, 0.2) is 0 Å². The number of nitrogens with one attached hydrogen (secondary N) is 1. The first-order valence-corrected chi connectivity index (χ1v) is 6.25. The van der Waals surface area contributed by atoms with Crippen LogP contribution in [0.1, 0.15) is 16.8 Å². The van der Waals surface area contributed by atoms with Crippen LogP contribution >= 0.6 is 0 Å². The highest BCUT2D eigenvalue weighted by atomic mass is 16.2. The Morgan fingerprint density at radius 3 is 2.56 bits per heavy atom. The van der Waals surface area contributed by atoms with Crippen molar-refractivity contribution in [3.05, 3.63) is 29.8 Å². The first kappa shape index (κ1) is 12.9. The van der Waals surface area contributed by atoms with Crippen molar-refractivity contribution in [2.45, 2.75) is 6.42 Å². The van der Waals surface area contributed by atoms with E-state index in [-0.39, 0.29) is 5.91 Å². The van der Waals surface area contributed by atoms with Crippen LogP contribution in [0.3, 0.4) is 0 Å². The average molecular weight is 248 g/mol. The lowest BCUT2D eigenvalue weighted by atomic mass is 10.2. The Morgan fingerprint density at radius 2 is 1.89 bits per heavy atom. The molecule has 18 heavy (non-hydrogen) atoms. The molecule has 0 unspecified atom stereocenters. The number of amides is 1. The number of nitrogen functional groups attached to an aromatic ring is 1. The molecule has 0 aromatic heterocycles. The van der Waals surface area contributed by atoms with Crippen molar-refractivity contribution in [3.63, 3.8) is 0 Å². The molecule has 1 aromatic rings. The molecule has 1 heterocycles. The molecule has 0 saturated carbocycles. The predicted molar refractivity (Wildman–Crippen MR) is 72.3 cm³/mol. The standard InChI is InChI=1S/C13H20N4O/c1-16-7-2-8-17(10-9-16)13(18)11-3-5-12(15-14)6-4-11/h3-6,15H,2,7-10,14H2,1H3. The molecule has 0 radical (unpaired) electrons. The van der Waals surface area contributed by atoms with Gasteiger partial charge >= 0.3 is 0 Å². The van der Waals surface area contributed by atoms with E-state index in [9.17, 15) is 4.79 Å². The molecule has 1 fully saturated rings. The first-order valence-electron chi connectivity index (χ1n) is 6.25. The number of carbonyl (C=O) groups excluding carboxylic acids is 1. The van der Waals surface area contributed by atoms with Crippen LogP contribution in [-0.2, 0) is 0 Å². The molecule has 0 bridgehead atoms. The molecular weight excluding hydrogens is 228 g/mol. The van der Waals surface area contributed by atoms with Crippen LogP contribution in [0.4, 0.5) is 5.69 Å². The Hall–Kier alpha value is -1.59. The number of benzene rings is 1. The zero-order chi connectivity index (χ0) is 13.0. The molecule has 98 valence electrons. The van der Waals surface area contributed by atoms with Gasteiger partial charge < -0.3 is 15.2 Å². The van der Waals surface area contributed by atoms with Crippen molar-refractivity contribution < 1.29 is 4.79 Å². The molecule has 1 aromatic carbocycles. The van der Waals surface area contributed by atoms with Crippen LogP contribution < -0.4 is 11.3 Å². The van der Waals surface area contributed by atoms with E-state index in [1.54, 1.807) is 0 Å². The number of likely N-dealkylation sites (N-methyl/N-ethyl adjacent to an activating group) is 1. The van der Waals surface area contributed by atoms with Gasteiger partial charge in [-0.3, -0.25) is 10.6 Å². The van der Waals surface area contributed by atoms with Gasteiger partial charge in [-0.05, 0) is 44.3 Å². The van der Waals surface area contributed by atoms with Gasteiger partial charge in [-0.25, -0.2) is 0 Å². The summed E-state index contributed by atoms with van der Waals surface area (Å²) < 4.78 is 0. The van der Waals surface area contributed by atoms with Crippen molar-refractivity contribution in [2.24, 2.45) is 5.84 Å². The molecule has 3 N–H and O–H groups in total. The number of hydrogen-bond donors (Lipinski definition) is 2. The van der Waals surface area contributed by atoms with Gasteiger partial charge in [0.1, 0.15) is 0 Å². The molecule has 5 heteroatoms. The van der Waals surface area contributed by atoms with E-state index in [0.29, 0.717) is 0 Å². The highest BCUT2D eigenvalue weighted by Crippen LogP contribution is 2.12. The summed E-state index contributed by atoms with van der Waals surface area (Å²) in [5.41, 5.74) is 4.09. The highest BCUT2D eigenvalue weighted by molar-refractivity contribution is 5.94. The van der Waals surface area contributed by atoms with E-state index >= 15 is 0 Å². The molecule has 1 amide bonds. The van der Waals surface area contributed by atoms with Gasteiger partial charge in [-0.15, -0.1) is 0 Å². The minimum absolute atomic E-state index is 0.105. The molecule has 0 spiro atoms. The second-order valence-electron chi connectivity index (χ2n) is 4.67. The summed E-state index contributed by atoms with van der Waals surface area (Å²) >= 11 is 0. The SMILES string of the molecule is CN1CCCN(C(=O)c2ccc(NN)cc2)CC1. The molecule has 1 aliphatic heterocycles. The Balaban J connectivity index is 2.05. The quantitative estimate of drug-likeness (QED) is 0.599. The number of nitrogens with zero attached hydrogens (tertiary/aromatic N) is 2. The first-order chi connectivity index (χ1) is 8.70. The summed E-state index contributed by atoms with van der Waals surface area (Å²) in [6.07, 6.45) is 1.03. The number of rotatable bonds is 2. The maximum absolute atomic E-state index is 12.3. The lowest BCUT2D eigenvalue weighted by molar-refractivity contribution is 0.0763. The van der Waals surface area contributed by atoms with E-state index in [1.807, 2.05) is 29.2 Å². The Labute approximate surface area is 108 Å². The third-order valence-corrected chi connectivity index (χ3v) is 3.31. The van der Waals surface area contributed by atoms with Gasteiger partial charge in [0, 0.05) is 30.9 Å². The second kappa shape index (κ2) is 5.84. The third kappa shape index (κ3) is 3.00. The zero-order valence-corrected chi connectivity index (χ0v) is 10.7. The Kier molecular flexibility index (Phi) is 4.17. The van der Waals surface area contributed by atoms with Crippen molar-refractivity contribution in [2.75, 3.05) is 38.7 Å². The largest absolute Gasteiger partial charge is 0.337 e. The smallest absolute Gasteiger partial charge is 0.253 e. The van der Waals surface area contributed by atoms with Gasteiger partial charge in [-0.1, -0.05) is 0 Å². The van der Waals surface area contributed by atoms with Gasteiger partial charge in [0.25, 0.3) is 5.91 Å². The lowest BCUT2D eigenvalue weighted by Gasteiger charge is -2.20. The summed E-state index contributed by atoms with van der Waals surface area (Å²) in [6.45, 7) is 3.63. The van der Waals surface area contributed by atoms with E-state index in [1.165, 1.54) is 0 Å². The second-order valence-corrected chi connectivity index (χ2v) is 4.67. The van der Waals surface area contributed by atoms with Crippen molar-refractivity contribution in [3.8, 4) is 0 Å². The van der Waals surface area contributed by atoms with Crippen LogP contribution in [0.5, 0.6) is 0 Å². The average Bonchev–Trinajstić information content (AvgIpc) is 2.63. The maximum atomic E-state index is 12.3. The maximum Gasteiger partial charge on any atom is 0.253 e. The predicted octanol–water partition coefficient (Wildman–Crippen LogP) is 0.750. The monoisotopic (exact) mass is 248 g/mol. The molecule has 5 nitrogen and oxygen atoms in total. The molecule has 1 aliphatic rings. The fraction of sp³-hybridized carbons (Fsp3) is 0.462. The van der Waals surface area contributed by atoms with Crippen molar-refractivity contribution in [1.82, 2.24) is 9.80 Å². The molecule has 2 rings (SSSR count). The molecular formula is C13H20N4O. The summed E-state index contributed by atoms with van der Waals surface area (Å²) in [4.78, 5) is 16.5. The van der Waals surface area contributed by atoms with E-state index in [0.717, 1.165) is 43.9 Å². The van der Waals surface area contributed by atoms with E-state index in [4.69, 9.17) is 5.84 Å². The fourth-order valence-electron chi connectivity index (χ4n) is 2.14. The Morgan fingerprint density at radius 1 is 1.17 bits per heavy atom. The van der Waals surface area contributed by atoms with Crippen molar-refractivity contribution in [1.29, 1.82) is 0 Å². The summed E-state index contributed by atoms with van der Waals surface area (Å²) in [5.74, 6) is 5.41. The molecule has 0 atom stereocenters. The summed E-state index contributed by atoms with van der Waals surface area (Å²) in [7, 11) is 2.09. The van der Waals surface area contributed by atoms with Gasteiger partial charge in [0.05, 0.1) is 0 Å². The minimum Gasteiger partial charge on any atom is -0.337 e. The number of carbonyl (C=O) groups is 1. The number of hydrogen-bond acceptors (Lipinski definition) is 4. The topological polar surface area (TPSA) is 61.6 Å². The van der Waals surface area contributed by atoms with Crippen molar-refractivity contribution >= 4 is 11.6 Å². The number of anilines is 1. The Bertz CT molecular complexity index is 404. The number of nitrogens with two attached hydrogens (primary N) is 1. The van der Waals surface area contributed by atoms with Crippen LogP contribution in [-0.4, -0.2) is 48.9 Å².